The Bertz CT molecular complexity index is 796. The number of nitrogens with zero attached hydrogens (tertiary/aromatic N) is 1. The lowest BCUT2D eigenvalue weighted by Gasteiger charge is -2.16. The van der Waals surface area contributed by atoms with Gasteiger partial charge in [-0.05, 0) is 11.6 Å². The van der Waals surface area contributed by atoms with Crippen LogP contribution in [0.3, 0.4) is 0 Å². The van der Waals surface area contributed by atoms with Gasteiger partial charge < -0.3 is 9.84 Å². The van der Waals surface area contributed by atoms with Crippen LogP contribution in [0.2, 0.25) is 0 Å². The number of hydrogen-bond donors (Lipinski definition) is 1. The molecule has 0 saturated heterocycles. The normalized spacial score (nSPS) is 14.6. The molecular formula is C18H15NO4. The molecule has 2 aromatic rings. The van der Waals surface area contributed by atoms with Gasteiger partial charge in [0, 0.05) is 5.56 Å². The van der Waals surface area contributed by atoms with Crippen molar-refractivity contribution in [3.8, 4) is 5.75 Å². The Labute approximate surface area is 133 Å². The average Bonchev–Trinajstić information content (AvgIpc) is 2.80. The lowest BCUT2D eigenvalue weighted by atomic mass is 10.1. The highest BCUT2D eigenvalue weighted by Crippen LogP contribution is 2.30. The van der Waals surface area contributed by atoms with Crippen molar-refractivity contribution in [1.29, 1.82) is 0 Å². The van der Waals surface area contributed by atoms with Gasteiger partial charge >= 0.3 is 0 Å². The fraction of sp³-hybridized carbons (Fsp3) is 0.111. The number of carbonyl (C=O) groups excluding carboxylic acids is 2. The van der Waals surface area contributed by atoms with Crippen molar-refractivity contribution >= 4 is 17.4 Å². The van der Waals surface area contributed by atoms with Crippen LogP contribution in [0.4, 0.5) is 0 Å². The number of aliphatic hydroxyl groups is 1. The molecule has 0 fully saturated rings. The SMILES string of the molecule is COc1ccccc1CN1C(=O)C(O)=C(c2ccccc2)C1=O. The number of aliphatic hydroxyl groups excluding tert-OH is 1. The number of rotatable bonds is 4. The topological polar surface area (TPSA) is 66.8 Å². The Kier molecular flexibility index (Phi) is 3.85. The predicted molar refractivity (Wildman–Crippen MR) is 84.5 cm³/mol. The van der Waals surface area contributed by atoms with Crippen molar-refractivity contribution in [3.05, 3.63) is 71.5 Å². The summed E-state index contributed by atoms with van der Waals surface area (Å²) in [6.45, 7) is 0.0437. The third-order valence-electron chi connectivity index (χ3n) is 3.73. The van der Waals surface area contributed by atoms with E-state index in [0.29, 0.717) is 16.9 Å². The molecule has 1 N–H and O–H groups in total. The number of methoxy groups -OCH3 is 1. The van der Waals surface area contributed by atoms with E-state index in [4.69, 9.17) is 4.74 Å². The van der Waals surface area contributed by atoms with Gasteiger partial charge in [-0.1, -0.05) is 48.5 Å². The van der Waals surface area contributed by atoms with Crippen LogP contribution in [-0.2, 0) is 16.1 Å². The molecule has 2 amide bonds. The maximum atomic E-state index is 12.6. The predicted octanol–water partition coefficient (Wildman–Crippen LogP) is 2.53. The first-order valence-corrected chi connectivity index (χ1v) is 7.10. The molecule has 0 unspecified atom stereocenters. The van der Waals surface area contributed by atoms with Gasteiger partial charge in [-0.2, -0.15) is 0 Å². The summed E-state index contributed by atoms with van der Waals surface area (Å²) in [6.07, 6.45) is 0. The number of imide groups is 1. The highest BCUT2D eigenvalue weighted by molar-refractivity contribution is 6.34. The van der Waals surface area contributed by atoms with Crippen LogP contribution >= 0.6 is 0 Å². The number of para-hydroxylation sites is 1. The quantitative estimate of drug-likeness (QED) is 0.881. The highest BCUT2D eigenvalue weighted by Gasteiger charge is 2.39. The molecular weight excluding hydrogens is 294 g/mol. The minimum absolute atomic E-state index is 0.0329. The molecule has 3 rings (SSSR count). The summed E-state index contributed by atoms with van der Waals surface area (Å²) in [6, 6.07) is 15.8. The number of carbonyl (C=O) groups is 2. The van der Waals surface area contributed by atoms with Crippen molar-refractivity contribution in [2.24, 2.45) is 0 Å². The standard InChI is InChI=1S/C18H15NO4/c1-23-14-10-6-5-9-13(14)11-19-17(21)15(16(20)18(19)22)12-7-3-2-4-8-12/h2-10,20H,11H2,1H3. The van der Waals surface area contributed by atoms with Crippen LogP contribution in [-0.4, -0.2) is 28.9 Å². The minimum Gasteiger partial charge on any atom is -0.502 e. The number of amides is 2. The molecule has 0 saturated carbocycles. The summed E-state index contributed by atoms with van der Waals surface area (Å²) in [5, 5.41) is 10.1. The molecule has 1 aliphatic rings. The van der Waals surface area contributed by atoms with Gasteiger partial charge in [0.1, 0.15) is 5.75 Å². The Morgan fingerprint density at radius 1 is 0.957 bits per heavy atom. The van der Waals surface area contributed by atoms with Gasteiger partial charge in [0.25, 0.3) is 11.8 Å². The third kappa shape index (κ3) is 2.57. The summed E-state index contributed by atoms with van der Waals surface area (Å²) in [5.74, 6) is -1.14. The van der Waals surface area contributed by atoms with E-state index in [9.17, 15) is 14.7 Å². The summed E-state index contributed by atoms with van der Waals surface area (Å²) < 4.78 is 5.24. The number of hydrogen-bond acceptors (Lipinski definition) is 4. The first kappa shape index (κ1) is 14.8. The van der Waals surface area contributed by atoms with Crippen molar-refractivity contribution in [2.45, 2.75) is 6.54 Å². The number of benzene rings is 2. The van der Waals surface area contributed by atoms with E-state index in [1.807, 2.05) is 0 Å². The van der Waals surface area contributed by atoms with Gasteiger partial charge in [-0.3, -0.25) is 14.5 Å². The fourth-order valence-corrected chi connectivity index (χ4v) is 2.58. The van der Waals surface area contributed by atoms with Crippen molar-refractivity contribution in [1.82, 2.24) is 4.90 Å². The Balaban J connectivity index is 1.93. The monoisotopic (exact) mass is 309 g/mol. The highest BCUT2D eigenvalue weighted by atomic mass is 16.5. The van der Waals surface area contributed by atoms with Gasteiger partial charge in [0.05, 0.1) is 19.2 Å². The van der Waals surface area contributed by atoms with E-state index in [0.717, 1.165) is 4.90 Å². The lowest BCUT2D eigenvalue weighted by molar-refractivity contribution is -0.138. The molecule has 2 aromatic carbocycles. The maximum absolute atomic E-state index is 12.6. The van der Waals surface area contributed by atoms with Gasteiger partial charge in [0.2, 0.25) is 0 Å². The van der Waals surface area contributed by atoms with Crippen LogP contribution < -0.4 is 4.74 Å². The molecule has 116 valence electrons. The van der Waals surface area contributed by atoms with Crippen molar-refractivity contribution in [3.63, 3.8) is 0 Å². The molecule has 1 heterocycles. The zero-order chi connectivity index (χ0) is 16.4. The molecule has 0 aromatic heterocycles. The number of ether oxygens (including phenoxy) is 1. The zero-order valence-corrected chi connectivity index (χ0v) is 12.5. The van der Waals surface area contributed by atoms with Crippen LogP contribution in [0.15, 0.2) is 60.4 Å². The minimum atomic E-state index is -0.695. The molecule has 5 nitrogen and oxygen atoms in total. The van der Waals surface area contributed by atoms with Gasteiger partial charge in [0.15, 0.2) is 5.76 Å². The summed E-state index contributed by atoms with van der Waals surface area (Å²) in [5.41, 5.74) is 1.25. The van der Waals surface area contributed by atoms with E-state index in [1.54, 1.807) is 54.6 Å². The second-order valence-electron chi connectivity index (χ2n) is 5.10. The zero-order valence-electron chi connectivity index (χ0n) is 12.5. The summed E-state index contributed by atoms with van der Waals surface area (Å²) in [4.78, 5) is 25.9. The Hall–Kier alpha value is -3.08. The van der Waals surface area contributed by atoms with Crippen LogP contribution in [0.25, 0.3) is 5.57 Å². The molecule has 5 heteroatoms. The van der Waals surface area contributed by atoms with Crippen LogP contribution in [0.5, 0.6) is 5.75 Å². The maximum Gasteiger partial charge on any atom is 0.296 e. The summed E-state index contributed by atoms with van der Waals surface area (Å²) in [7, 11) is 1.53. The molecule has 23 heavy (non-hydrogen) atoms. The molecule has 0 aliphatic carbocycles. The largest absolute Gasteiger partial charge is 0.502 e. The molecule has 0 spiro atoms. The first-order chi connectivity index (χ1) is 11.1. The second-order valence-corrected chi connectivity index (χ2v) is 5.10. The van der Waals surface area contributed by atoms with Gasteiger partial charge in [-0.25, -0.2) is 0 Å². The third-order valence-corrected chi connectivity index (χ3v) is 3.73. The first-order valence-electron chi connectivity index (χ1n) is 7.10. The lowest BCUT2D eigenvalue weighted by Crippen LogP contribution is -2.31. The van der Waals surface area contributed by atoms with E-state index >= 15 is 0 Å². The molecule has 1 aliphatic heterocycles. The second kappa shape index (κ2) is 5.96. The van der Waals surface area contributed by atoms with Crippen LogP contribution in [0, 0.1) is 0 Å². The molecule has 0 radical (unpaired) electrons. The fourth-order valence-electron chi connectivity index (χ4n) is 2.58. The van der Waals surface area contributed by atoms with E-state index < -0.39 is 17.6 Å². The smallest absolute Gasteiger partial charge is 0.296 e. The van der Waals surface area contributed by atoms with E-state index in [-0.39, 0.29) is 12.1 Å². The summed E-state index contributed by atoms with van der Waals surface area (Å²) >= 11 is 0. The Morgan fingerprint density at radius 3 is 2.30 bits per heavy atom. The van der Waals surface area contributed by atoms with E-state index in [2.05, 4.69) is 0 Å². The van der Waals surface area contributed by atoms with Gasteiger partial charge in [-0.15, -0.1) is 0 Å². The Morgan fingerprint density at radius 2 is 1.61 bits per heavy atom. The van der Waals surface area contributed by atoms with E-state index in [1.165, 1.54) is 7.11 Å². The molecule has 0 atom stereocenters. The van der Waals surface area contributed by atoms with Crippen molar-refractivity contribution in [2.75, 3.05) is 7.11 Å². The van der Waals surface area contributed by atoms with Crippen LogP contribution in [0.1, 0.15) is 11.1 Å². The average molecular weight is 309 g/mol. The molecule has 0 bridgehead atoms. The van der Waals surface area contributed by atoms with Crippen molar-refractivity contribution < 1.29 is 19.4 Å².